The summed E-state index contributed by atoms with van der Waals surface area (Å²) in [5, 5.41) is 8.62. The Morgan fingerprint density at radius 2 is 1.78 bits per heavy atom. The van der Waals surface area contributed by atoms with Crippen LogP contribution in [-0.4, -0.2) is 19.6 Å². The molecule has 0 aromatic carbocycles. The largest absolute Gasteiger partial charge is 0.276 e. The topological polar surface area (TPSA) is 35.6 Å². The third-order valence-electron chi connectivity index (χ3n) is 3.40. The summed E-state index contributed by atoms with van der Waals surface area (Å²) in [6.07, 6.45) is 9.26. The lowest BCUT2D eigenvalue weighted by atomic mass is 10.0. The van der Waals surface area contributed by atoms with E-state index in [1.807, 2.05) is 28.8 Å². The highest BCUT2D eigenvalue weighted by atomic mass is 15.3. The molecule has 98 valence electrons. The maximum Gasteiger partial charge on any atom is 0.0524 e. The minimum atomic E-state index is 0.519. The molecule has 0 N–H and O–H groups in total. The molecule has 18 heavy (non-hydrogen) atoms. The van der Waals surface area contributed by atoms with E-state index in [1.54, 1.807) is 0 Å². The van der Waals surface area contributed by atoms with E-state index >= 15 is 0 Å². The molecule has 2 aromatic rings. The number of aromatic nitrogens is 4. The molecule has 0 bridgehead atoms. The summed E-state index contributed by atoms with van der Waals surface area (Å²) in [5.41, 5.74) is 2.61. The van der Waals surface area contributed by atoms with Crippen molar-refractivity contribution >= 4 is 0 Å². The van der Waals surface area contributed by atoms with Crippen LogP contribution >= 0.6 is 0 Å². The van der Waals surface area contributed by atoms with Crippen molar-refractivity contribution in [3.63, 3.8) is 0 Å². The fourth-order valence-electron chi connectivity index (χ4n) is 1.99. The van der Waals surface area contributed by atoms with Crippen LogP contribution in [0.15, 0.2) is 24.8 Å². The fraction of sp³-hybridized carbons (Fsp3) is 0.571. The van der Waals surface area contributed by atoms with E-state index in [0.717, 1.165) is 13.0 Å². The lowest BCUT2D eigenvalue weighted by Gasteiger charge is -2.08. The van der Waals surface area contributed by atoms with Crippen molar-refractivity contribution in [3.8, 4) is 0 Å². The minimum absolute atomic E-state index is 0.519. The average Bonchev–Trinajstić information content (AvgIpc) is 2.94. The van der Waals surface area contributed by atoms with Crippen LogP contribution in [0, 0.1) is 0 Å². The van der Waals surface area contributed by atoms with Crippen molar-refractivity contribution in [2.24, 2.45) is 7.05 Å². The van der Waals surface area contributed by atoms with Gasteiger partial charge in [-0.05, 0) is 29.4 Å². The van der Waals surface area contributed by atoms with Gasteiger partial charge in [-0.3, -0.25) is 9.36 Å². The first-order valence-corrected chi connectivity index (χ1v) is 6.57. The lowest BCUT2D eigenvalue weighted by Crippen LogP contribution is -2.03. The summed E-state index contributed by atoms with van der Waals surface area (Å²) >= 11 is 0. The van der Waals surface area contributed by atoms with Crippen LogP contribution in [0.2, 0.25) is 0 Å². The Hall–Kier alpha value is -1.58. The molecule has 2 rings (SSSR count). The van der Waals surface area contributed by atoms with E-state index in [2.05, 4.69) is 43.4 Å². The van der Waals surface area contributed by atoms with Crippen LogP contribution < -0.4 is 0 Å². The molecule has 2 aromatic heterocycles. The number of rotatable bonds is 5. The second-order valence-corrected chi connectivity index (χ2v) is 5.33. The molecule has 0 spiro atoms. The number of hydrogen-bond donors (Lipinski definition) is 0. The van der Waals surface area contributed by atoms with Crippen molar-refractivity contribution < 1.29 is 0 Å². The summed E-state index contributed by atoms with van der Waals surface area (Å²) < 4.78 is 3.90. The van der Waals surface area contributed by atoms with Crippen molar-refractivity contribution in [2.45, 2.75) is 45.6 Å². The first kappa shape index (κ1) is 12.9. The van der Waals surface area contributed by atoms with Gasteiger partial charge in [0.15, 0.2) is 0 Å². The van der Waals surface area contributed by atoms with Crippen LogP contribution in [-0.2, 0) is 13.6 Å². The molecular formula is C14H22N4. The molecule has 0 aliphatic rings. The fourth-order valence-corrected chi connectivity index (χ4v) is 1.99. The maximum absolute atomic E-state index is 4.40. The van der Waals surface area contributed by atoms with Crippen LogP contribution in [0.4, 0.5) is 0 Å². The highest BCUT2D eigenvalue weighted by Gasteiger charge is 2.09. The van der Waals surface area contributed by atoms with Crippen molar-refractivity contribution in [2.75, 3.05) is 0 Å². The first-order valence-electron chi connectivity index (χ1n) is 6.57. The molecule has 2 heterocycles. The van der Waals surface area contributed by atoms with Gasteiger partial charge in [0.1, 0.15) is 0 Å². The predicted molar refractivity (Wildman–Crippen MR) is 72.6 cm³/mol. The van der Waals surface area contributed by atoms with Crippen molar-refractivity contribution in [1.82, 2.24) is 19.6 Å². The van der Waals surface area contributed by atoms with Crippen LogP contribution in [0.25, 0.3) is 0 Å². The first-order chi connectivity index (χ1) is 8.56. The van der Waals surface area contributed by atoms with Crippen LogP contribution in [0.1, 0.15) is 50.2 Å². The van der Waals surface area contributed by atoms with Gasteiger partial charge in [0.2, 0.25) is 0 Å². The molecular weight excluding hydrogens is 224 g/mol. The van der Waals surface area contributed by atoms with Gasteiger partial charge in [-0.1, -0.05) is 20.8 Å². The maximum atomic E-state index is 4.40. The number of hydrogen-bond acceptors (Lipinski definition) is 2. The van der Waals surface area contributed by atoms with E-state index in [4.69, 9.17) is 0 Å². The van der Waals surface area contributed by atoms with E-state index in [-0.39, 0.29) is 0 Å². The van der Waals surface area contributed by atoms with Gasteiger partial charge < -0.3 is 0 Å². The Bertz CT molecular complexity index is 495. The molecule has 4 nitrogen and oxygen atoms in total. The zero-order valence-corrected chi connectivity index (χ0v) is 11.7. The highest BCUT2D eigenvalue weighted by molar-refractivity contribution is 5.10. The zero-order valence-electron chi connectivity index (χ0n) is 11.7. The van der Waals surface area contributed by atoms with Gasteiger partial charge in [-0.15, -0.1) is 0 Å². The Morgan fingerprint density at radius 1 is 1.06 bits per heavy atom. The van der Waals surface area contributed by atoms with Crippen molar-refractivity contribution in [1.29, 1.82) is 0 Å². The summed E-state index contributed by atoms with van der Waals surface area (Å²) in [5.74, 6) is 1.07. The third-order valence-corrected chi connectivity index (χ3v) is 3.40. The molecule has 4 heteroatoms. The molecule has 0 saturated heterocycles. The number of nitrogens with zero attached hydrogens (tertiary/aromatic N) is 4. The Labute approximate surface area is 109 Å². The lowest BCUT2D eigenvalue weighted by molar-refractivity contribution is 0.532. The molecule has 0 saturated carbocycles. The summed E-state index contributed by atoms with van der Waals surface area (Å²) in [7, 11) is 1.96. The van der Waals surface area contributed by atoms with Gasteiger partial charge in [0.25, 0.3) is 0 Å². The van der Waals surface area contributed by atoms with Gasteiger partial charge in [0.05, 0.1) is 12.4 Å². The normalized spacial score (nSPS) is 13.2. The van der Waals surface area contributed by atoms with Gasteiger partial charge in [0, 0.05) is 26.0 Å². The smallest absolute Gasteiger partial charge is 0.0524 e. The molecule has 0 fully saturated rings. The molecule has 0 radical (unpaired) electrons. The summed E-state index contributed by atoms with van der Waals surface area (Å²) in [4.78, 5) is 0. The average molecular weight is 246 g/mol. The monoisotopic (exact) mass is 246 g/mol. The molecule has 0 aliphatic carbocycles. The zero-order chi connectivity index (χ0) is 13.1. The Morgan fingerprint density at radius 3 is 2.33 bits per heavy atom. The van der Waals surface area contributed by atoms with Gasteiger partial charge in [-0.25, -0.2) is 0 Å². The van der Waals surface area contributed by atoms with Crippen molar-refractivity contribution in [3.05, 3.63) is 35.9 Å². The van der Waals surface area contributed by atoms with Gasteiger partial charge >= 0.3 is 0 Å². The summed E-state index contributed by atoms with van der Waals surface area (Å²) in [6.45, 7) is 7.59. The van der Waals surface area contributed by atoms with Crippen LogP contribution in [0.5, 0.6) is 0 Å². The van der Waals surface area contributed by atoms with E-state index < -0.39 is 0 Å². The van der Waals surface area contributed by atoms with E-state index in [9.17, 15) is 0 Å². The molecule has 1 unspecified atom stereocenters. The highest BCUT2D eigenvalue weighted by Crippen LogP contribution is 2.19. The Kier molecular flexibility index (Phi) is 3.84. The van der Waals surface area contributed by atoms with Gasteiger partial charge in [-0.2, -0.15) is 10.2 Å². The van der Waals surface area contributed by atoms with E-state index in [0.29, 0.717) is 11.8 Å². The number of aryl methyl sites for hydroxylation is 2. The second-order valence-electron chi connectivity index (χ2n) is 5.33. The standard InChI is InChI=1S/C14H22N4/c1-11(2)13-7-16-18(10-13)6-5-12(3)14-8-15-17(4)9-14/h7-12H,5-6H2,1-4H3. The Balaban J connectivity index is 1.90. The second kappa shape index (κ2) is 5.38. The quantitative estimate of drug-likeness (QED) is 0.813. The SMILES string of the molecule is CC(C)c1cnn(CCC(C)c2cnn(C)c2)c1. The van der Waals surface area contributed by atoms with E-state index in [1.165, 1.54) is 11.1 Å². The summed E-state index contributed by atoms with van der Waals surface area (Å²) in [6, 6.07) is 0. The molecule has 1 atom stereocenters. The molecule has 0 amide bonds. The van der Waals surface area contributed by atoms with Crippen LogP contribution in [0.3, 0.4) is 0 Å². The third kappa shape index (κ3) is 3.00. The minimum Gasteiger partial charge on any atom is -0.276 e. The molecule has 0 aliphatic heterocycles. The predicted octanol–water partition coefficient (Wildman–Crippen LogP) is 2.93.